The molecule has 0 atom stereocenters. The van der Waals surface area contributed by atoms with Crippen LogP contribution in [0.2, 0.25) is 0 Å². The third-order valence-corrected chi connectivity index (χ3v) is 1.53. The molecule has 0 bridgehead atoms. The predicted molar refractivity (Wildman–Crippen MR) is 37.4 cm³/mol. The number of hydrogen-bond donors (Lipinski definition) is 0. The van der Waals surface area contributed by atoms with Gasteiger partial charge in [-0.25, -0.2) is 9.13 Å². The van der Waals surface area contributed by atoms with Crippen molar-refractivity contribution in [2.75, 3.05) is 13.7 Å². The van der Waals surface area contributed by atoms with E-state index >= 15 is 0 Å². The van der Waals surface area contributed by atoms with Crippen LogP contribution in [-0.4, -0.2) is 18.3 Å². The molecule has 11 heavy (non-hydrogen) atoms. The van der Waals surface area contributed by atoms with E-state index in [1.807, 2.05) is 0 Å². The third kappa shape index (κ3) is 1.77. The number of aromatic nitrogens is 2. The summed E-state index contributed by atoms with van der Waals surface area (Å²) < 4.78 is 20.7. The molecule has 0 aliphatic heterocycles. The highest BCUT2D eigenvalue weighted by atomic mass is 19.1. The Morgan fingerprint density at radius 2 is 2.45 bits per heavy atom. The van der Waals surface area contributed by atoms with Gasteiger partial charge in [0.1, 0.15) is 18.9 Å². The summed E-state index contributed by atoms with van der Waals surface area (Å²) >= 11 is 0. The summed E-state index contributed by atoms with van der Waals surface area (Å²) in [5.41, 5.74) is 0. The van der Waals surface area contributed by atoms with Crippen LogP contribution in [-0.2, 0) is 18.3 Å². The lowest BCUT2D eigenvalue weighted by atomic mass is 10.7. The number of aryl methyl sites for hydroxylation is 1. The van der Waals surface area contributed by atoms with Crippen molar-refractivity contribution in [1.29, 1.82) is 0 Å². The van der Waals surface area contributed by atoms with Crippen LogP contribution in [0.4, 0.5) is 4.39 Å². The topological polar surface area (TPSA) is 18.0 Å². The number of ether oxygens (including phenoxy) is 1. The Morgan fingerprint density at radius 3 is 2.91 bits per heavy atom. The third-order valence-electron chi connectivity index (χ3n) is 1.53. The zero-order valence-electron chi connectivity index (χ0n) is 6.75. The maximum absolute atomic E-state index is 13.0. The molecular weight excluding hydrogens is 147 g/mol. The molecule has 0 saturated heterocycles. The van der Waals surface area contributed by atoms with Gasteiger partial charge in [0.25, 0.3) is 0 Å². The molecule has 0 amide bonds. The molecule has 0 saturated carbocycles. The van der Waals surface area contributed by atoms with Crippen molar-refractivity contribution in [3.05, 3.63) is 18.5 Å². The number of hydrogen-bond acceptors (Lipinski definition) is 1. The van der Waals surface area contributed by atoms with Crippen molar-refractivity contribution < 1.29 is 13.7 Å². The maximum atomic E-state index is 13.0. The normalized spacial score (nSPS) is 10.5. The molecule has 0 unspecified atom stereocenters. The first-order valence-electron chi connectivity index (χ1n) is 3.45. The molecule has 0 fully saturated rings. The standard InChI is InChI=1S/C7H12FN2O/c1-9-3-4-10(7(9)8)5-6-11-2/h3-4H,5-6H2,1-2H3/q+1. The van der Waals surface area contributed by atoms with Crippen LogP contribution in [0.3, 0.4) is 0 Å². The summed E-state index contributed by atoms with van der Waals surface area (Å²) in [6.45, 7) is 1.09. The first-order valence-corrected chi connectivity index (χ1v) is 3.45. The van der Waals surface area contributed by atoms with Crippen LogP contribution < -0.4 is 4.57 Å². The molecule has 0 N–H and O–H groups in total. The van der Waals surface area contributed by atoms with Gasteiger partial charge in [0.05, 0.1) is 13.7 Å². The minimum Gasteiger partial charge on any atom is -0.381 e. The average Bonchev–Trinajstić information content (AvgIpc) is 2.31. The van der Waals surface area contributed by atoms with E-state index in [4.69, 9.17) is 4.74 Å². The second-order valence-corrected chi connectivity index (χ2v) is 2.36. The smallest absolute Gasteiger partial charge is 0.381 e. The summed E-state index contributed by atoms with van der Waals surface area (Å²) in [6.07, 6.45) is 3.11. The summed E-state index contributed by atoms with van der Waals surface area (Å²) in [7, 11) is 3.26. The van der Waals surface area contributed by atoms with Crippen LogP contribution in [0.1, 0.15) is 0 Å². The minimum absolute atomic E-state index is 0.248. The van der Waals surface area contributed by atoms with Gasteiger partial charge < -0.3 is 4.74 Å². The second kappa shape index (κ2) is 3.48. The van der Waals surface area contributed by atoms with Gasteiger partial charge in [-0.1, -0.05) is 0 Å². The van der Waals surface area contributed by atoms with E-state index in [1.165, 1.54) is 9.13 Å². The lowest BCUT2D eigenvalue weighted by Gasteiger charge is -1.94. The average molecular weight is 159 g/mol. The Kier molecular flexibility index (Phi) is 2.59. The van der Waals surface area contributed by atoms with Crippen molar-refractivity contribution in [2.45, 2.75) is 6.54 Å². The number of methoxy groups -OCH3 is 1. The summed E-state index contributed by atoms with van der Waals surface area (Å²) in [5.74, 6) is 0. The van der Waals surface area contributed by atoms with Crippen LogP contribution in [0.5, 0.6) is 0 Å². The Labute approximate surface area is 65.0 Å². The maximum Gasteiger partial charge on any atom is 0.445 e. The van der Waals surface area contributed by atoms with E-state index < -0.39 is 0 Å². The number of rotatable bonds is 3. The molecule has 0 aromatic carbocycles. The molecule has 0 aliphatic carbocycles. The first kappa shape index (κ1) is 8.20. The quantitative estimate of drug-likeness (QED) is 0.572. The van der Waals surface area contributed by atoms with E-state index in [0.717, 1.165) is 0 Å². The fourth-order valence-corrected chi connectivity index (χ4v) is 0.863. The van der Waals surface area contributed by atoms with E-state index in [9.17, 15) is 4.39 Å². The summed E-state index contributed by atoms with van der Waals surface area (Å²) in [4.78, 5) is 0. The second-order valence-electron chi connectivity index (χ2n) is 2.36. The lowest BCUT2D eigenvalue weighted by Crippen LogP contribution is -2.31. The number of nitrogens with zero attached hydrogens (tertiary/aromatic N) is 2. The molecule has 1 aromatic heterocycles. The van der Waals surface area contributed by atoms with E-state index in [1.54, 1.807) is 26.6 Å². The van der Waals surface area contributed by atoms with Crippen molar-refractivity contribution in [3.8, 4) is 0 Å². The van der Waals surface area contributed by atoms with E-state index in [0.29, 0.717) is 13.2 Å². The first-order chi connectivity index (χ1) is 5.25. The van der Waals surface area contributed by atoms with Crippen molar-refractivity contribution in [2.24, 2.45) is 7.05 Å². The highest BCUT2D eigenvalue weighted by molar-refractivity contribution is 4.68. The van der Waals surface area contributed by atoms with Crippen molar-refractivity contribution >= 4 is 0 Å². The zero-order chi connectivity index (χ0) is 8.27. The fourth-order valence-electron chi connectivity index (χ4n) is 0.863. The van der Waals surface area contributed by atoms with Gasteiger partial charge in [-0.15, -0.1) is 4.39 Å². The summed E-state index contributed by atoms with van der Waals surface area (Å²) in [5, 5.41) is 0. The molecule has 0 spiro atoms. The monoisotopic (exact) mass is 159 g/mol. The van der Waals surface area contributed by atoms with Crippen LogP contribution in [0.25, 0.3) is 0 Å². The molecular formula is C7H12FN2O+. The molecule has 1 rings (SSSR count). The molecule has 1 heterocycles. The van der Waals surface area contributed by atoms with E-state index in [2.05, 4.69) is 0 Å². The van der Waals surface area contributed by atoms with Gasteiger partial charge in [-0.05, 0) is 0 Å². The molecule has 0 aliphatic rings. The van der Waals surface area contributed by atoms with Gasteiger partial charge >= 0.3 is 6.08 Å². The highest BCUT2D eigenvalue weighted by Crippen LogP contribution is 1.91. The van der Waals surface area contributed by atoms with Gasteiger partial charge in [0.2, 0.25) is 0 Å². The molecule has 62 valence electrons. The molecule has 0 radical (unpaired) electrons. The SMILES string of the molecule is COCCn1cc[n+](C)c1F. The Morgan fingerprint density at radius 1 is 1.73 bits per heavy atom. The largest absolute Gasteiger partial charge is 0.445 e. The van der Waals surface area contributed by atoms with Crippen molar-refractivity contribution in [3.63, 3.8) is 0 Å². The van der Waals surface area contributed by atoms with E-state index in [-0.39, 0.29) is 6.08 Å². The lowest BCUT2D eigenvalue weighted by molar-refractivity contribution is -0.700. The predicted octanol–water partition coefficient (Wildman–Crippen LogP) is 0.0981. The fraction of sp³-hybridized carbons (Fsp3) is 0.571. The molecule has 4 heteroatoms. The minimum atomic E-state index is -0.248. The van der Waals surface area contributed by atoms with Crippen LogP contribution in [0, 0.1) is 6.08 Å². The van der Waals surface area contributed by atoms with Crippen LogP contribution in [0.15, 0.2) is 12.4 Å². The molecule has 1 aromatic rings. The summed E-state index contributed by atoms with van der Waals surface area (Å²) in [6, 6.07) is 0. The highest BCUT2D eigenvalue weighted by Gasteiger charge is 2.11. The number of halogens is 1. The Balaban J connectivity index is 2.63. The van der Waals surface area contributed by atoms with Crippen LogP contribution >= 0.6 is 0 Å². The molecule has 3 nitrogen and oxygen atoms in total. The van der Waals surface area contributed by atoms with Crippen molar-refractivity contribution in [1.82, 2.24) is 4.57 Å². The Bertz CT molecular complexity index is 234. The van der Waals surface area contributed by atoms with Gasteiger partial charge in [0.15, 0.2) is 0 Å². The number of imidazole rings is 1. The van der Waals surface area contributed by atoms with Gasteiger partial charge in [-0.2, -0.15) is 0 Å². The van der Waals surface area contributed by atoms with Gasteiger partial charge in [-0.3, -0.25) is 0 Å². The van der Waals surface area contributed by atoms with Gasteiger partial charge in [0, 0.05) is 7.11 Å². The zero-order valence-corrected chi connectivity index (χ0v) is 6.75. The Hall–Kier alpha value is -0.900.